The Balaban J connectivity index is 0.000000730. The molecule has 2 heterocycles. The summed E-state index contributed by atoms with van der Waals surface area (Å²) in [6.45, 7) is 7.17. The second-order valence-corrected chi connectivity index (χ2v) is 5.37. The smallest absolute Gasteiger partial charge is 0.406 e. The third kappa shape index (κ3) is 6.59. The lowest BCUT2D eigenvalue weighted by Crippen LogP contribution is -2.21. The summed E-state index contributed by atoms with van der Waals surface area (Å²) in [7, 11) is 1.00. The van der Waals surface area contributed by atoms with E-state index in [0.29, 0.717) is 0 Å². The fourth-order valence-corrected chi connectivity index (χ4v) is 2.85. The highest BCUT2D eigenvalue weighted by Gasteiger charge is 2.31. The van der Waals surface area contributed by atoms with Crippen LogP contribution in [0.25, 0.3) is 10.9 Å². The first kappa shape index (κ1) is 21.3. The molecule has 1 fully saturated rings. The molecule has 1 aliphatic rings. The van der Waals surface area contributed by atoms with Crippen LogP contribution in [0.2, 0.25) is 0 Å². The zero-order valence-electron chi connectivity index (χ0n) is 15.0. The number of aromatic nitrogens is 1. The number of nitrogens with one attached hydrogen (secondary N) is 1. The van der Waals surface area contributed by atoms with Gasteiger partial charge in [0.1, 0.15) is 5.75 Å². The fourth-order valence-electron chi connectivity index (χ4n) is 2.85. The van der Waals surface area contributed by atoms with E-state index in [1.165, 1.54) is 25.0 Å². The van der Waals surface area contributed by atoms with E-state index in [0.717, 1.165) is 49.6 Å². The second-order valence-electron chi connectivity index (χ2n) is 5.37. The van der Waals surface area contributed by atoms with Crippen molar-refractivity contribution < 1.29 is 23.0 Å². The average Bonchev–Trinajstić information content (AvgIpc) is 3.24. The Bertz CT molecular complexity index is 620. The standard InChI is InChI=1S/C15H17F3N2O.C2H6.CH4O/c16-15(17,18)21-12-3-4-14-13(9-12)11(10-19-14)5-8-20-6-1-2-7-20;2*1-2/h3-4,9-10,19H,1-2,5-8H2;1-2H3;2H,1H3. The zero-order valence-corrected chi connectivity index (χ0v) is 15.0. The minimum Gasteiger partial charge on any atom is -0.406 e. The Hall–Kier alpha value is -1.73. The number of likely N-dealkylation sites (tertiary alicyclic amines) is 1. The van der Waals surface area contributed by atoms with Gasteiger partial charge in [-0.15, -0.1) is 13.2 Å². The van der Waals surface area contributed by atoms with Crippen molar-refractivity contribution in [1.82, 2.24) is 9.88 Å². The molecule has 1 aromatic heterocycles. The molecule has 4 nitrogen and oxygen atoms in total. The molecule has 0 atom stereocenters. The number of ether oxygens (including phenoxy) is 1. The number of hydrogen-bond donors (Lipinski definition) is 2. The monoisotopic (exact) mass is 360 g/mol. The van der Waals surface area contributed by atoms with Crippen LogP contribution in [-0.2, 0) is 6.42 Å². The Morgan fingerprint density at radius 2 is 1.80 bits per heavy atom. The molecule has 25 heavy (non-hydrogen) atoms. The maximum Gasteiger partial charge on any atom is 0.573 e. The Kier molecular flexibility index (Phi) is 8.78. The Labute approximate surface area is 146 Å². The van der Waals surface area contributed by atoms with Crippen molar-refractivity contribution in [2.24, 2.45) is 0 Å². The Morgan fingerprint density at radius 3 is 2.40 bits per heavy atom. The molecule has 0 saturated carbocycles. The fraction of sp³-hybridized carbons (Fsp3) is 0.556. The van der Waals surface area contributed by atoms with E-state index in [2.05, 4.69) is 14.6 Å². The lowest BCUT2D eigenvalue weighted by Gasteiger charge is -2.13. The molecule has 2 N–H and O–H groups in total. The van der Waals surface area contributed by atoms with E-state index in [-0.39, 0.29) is 5.75 Å². The molecule has 1 aromatic carbocycles. The van der Waals surface area contributed by atoms with Crippen molar-refractivity contribution in [1.29, 1.82) is 0 Å². The zero-order chi connectivity index (χ0) is 18.9. The predicted octanol–water partition coefficient (Wildman–Crippen LogP) is 4.34. The maximum absolute atomic E-state index is 12.3. The molecule has 7 heteroatoms. The molecule has 2 aromatic rings. The largest absolute Gasteiger partial charge is 0.573 e. The van der Waals surface area contributed by atoms with Crippen LogP contribution in [0.3, 0.4) is 0 Å². The van der Waals surface area contributed by atoms with Crippen molar-refractivity contribution in [3.05, 3.63) is 30.0 Å². The van der Waals surface area contributed by atoms with Gasteiger partial charge in [-0.05, 0) is 56.1 Å². The van der Waals surface area contributed by atoms with Gasteiger partial charge in [0.15, 0.2) is 0 Å². The van der Waals surface area contributed by atoms with Gasteiger partial charge in [0.25, 0.3) is 0 Å². The number of aromatic amines is 1. The number of benzene rings is 1. The minimum absolute atomic E-state index is 0.169. The molecule has 1 aliphatic heterocycles. The Morgan fingerprint density at radius 1 is 1.16 bits per heavy atom. The number of fused-ring (bicyclic) bond motifs is 1. The van der Waals surface area contributed by atoms with Gasteiger partial charge in [-0.3, -0.25) is 0 Å². The van der Waals surface area contributed by atoms with Gasteiger partial charge >= 0.3 is 6.36 Å². The predicted molar refractivity (Wildman–Crippen MR) is 93.9 cm³/mol. The summed E-state index contributed by atoms with van der Waals surface area (Å²) in [5, 5.41) is 7.80. The number of aliphatic hydroxyl groups excluding tert-OH is 1. The van der Waals surface area contributed by atoms with Gasteiger partial charge in [0, 0.05) is 30.8 Å². The van der Waals surface area contributed by atoms with E-state index in [9.17, 15) is 13.2 Å². The first-order valence-electron chi connectivity index (χ1n) is 8.54. The van der Waals surface area contributed by atoms with E-state index < -0.39 is 6.36 Å². The lowest BCUT2D eigenvalue weighted by atomic mass is 10.1. The van der Waals surface area contributed by atoms with Crippen molar-refractivity contribution in [3.63, 3.8) is 0 Å². The summed E-state index contributed by atoms with van der Waals surface area (Å²) in [4.78, 5) is 5.48. The molecule has 0 bridgehead atoms. The topological polar surface area (TPSA) is 48.5 Å². The highest BCUT2D eigenvalue weighted by Crippen LogP contribution is 2.28. The summed E-state index contributed by atoms with van der Waals surface area (Å²) in [5.41, 5.74) is 1.87. The van der Waals surface area contributed by atoms with Gasteiger partial charge in [-0.1, -0.05) is 13.8 Å². The number of nitrogens with zero attached hydrogens (tertiary/aromatic N) is 1. The maximum atomic E-state index is 12.3. The third-order valence-corrected chi connectivity index (χ3v) is 3.87. The minimum atomic E-state index is -4.65. The average molecular weight is 360 g/mol. The van der Waals surface area contributed by atoms with Crippen molar-refractivity contribution in [2.45, 2.75) is 39.5 Å². The number of rotatable bonds is 4. The number of halogens is 3. The van der Waals surface area contributed by atoms with Crippen LogP contribution in [0.15, 0.2) is 24.4 Å². The number of H-pyrrole nitrogens is 1. The summed E-state index contributed by atoms with van der Waals surface area (Å²) in [5.74, 6) is -0.169. The number of alkyl halides is 3. The van der Waals surface area contributed by atoms with Crippen LogP contribution in [0.1, 0.15) is 32.3 Å². The molecule has 142 valence electrons. The van der Waals surface area contributed by atoms with Crippen LogP contribution in [0.5, 0.6) is 5.75 Å². The molecule has 0 amide bonds. The third-order valence-electron chi connectivity index (χ3n) is 3.87. The molecule has 1 saturated heterocycles. The van der Waals surface area contributed by atoms with Gasteiger partial charge in [-0.2, -0.15) is 0 Å². The van der Waals surface area contributed by atoms with Crippen LogP contribution in [0, 0.1) is 0 Å². The van der Waals surface area contributed by atoms with Gasteiger partial charge in [0.2, 0.25) is 0 Å². The molecular weight excluding hydrogens is 333 g/mol. The van der Waals surface area contributed by atoms with E-state index >= 15 is 0 Å². The SMILES string of the molecule is CC.CO.FC(F)(F)Oc1ccc2[nH]cc(CCN3CCCC3)c2c1. The quantitative estimate of drug-likeness (QED) is 0.853. The van der Waals surface area contributed by atoms with Crippen LogP contribution in [-0.4, -0.2) is 48.1 Å². The summed E-state index contributed by atoms with van der Waals surface area (Å²) >= 11 is 0. The summed E-state index contributed by atoms with van der Waals surface area (Å²) < 4.78 is 40.8. The molecule has 0 unspecified atom stereocenters. The number of aliphatic hydroxyl groups is 1. The number of hydrogen-bond acceptors (Lipinski definition) is 3. The lowest BCUT2D eigenvalue weighted by molar-refractivity contribution is -0.274. The normalized spacial score (nSPS) is 14.5. The highest BCUT2D eigenvalue weighted by atomic mass is 19.4. The van der Waals surface area contributed by atoms with Crippen molar-refractivity contribution >= 4 is 10.9 Å². The van der Waals surface area contributed by atoms with E-state index in [1.54, 1.807) is 6.07 Å². The molecule has 0 spiro atoms. The van der Waals surface area contributed by atoms with E-state index in [1.807, 2.05) is 20.0 Å². The van der Waals surface area contributed by atoms with Gasteiger partial charge in [0.05, 0.1) is 0 Å². The molecular formula is C18H27F3N2O2. The van der Waals surface area contributed by atoms with Crippen LogP contribution >= 0.6 is 0 Å². The van der Waals surface area contributed by atoms with Crippen molar-refractivity contribution in [3.8, 4) is 5.75 Å². The summed E-state index contributed by atoms with van der Waals surface area (Å²) in [6.07, 6.45) is 0.516. The summed E-state index contributed by atoms with van der Waals surface area (Å²) in [6, 6.07) is 4.41. The first-order valence-corrected chi connectivity index (χ1v) is 8.54. The second kappa shape index (κ2) is 10.3. The van der Waals surface area contributed by atoms with E-state index in [4.69, 9.17) is 5.11 Å². The van der Waals surface area contributed by atoms with Crippen LogP contribution < -0.4 is 4.74 Å². The van der Waals surface area contributed by atoms with Crippen LogP contribution in [0.4, 0.5) is 13.2 Å². The van der Waals surface area contributed by atoms with Gasteiger partial charge < -0.3 is 19.7 Å². The molecule has 0 radical (unpaired) electrons. The first-order chi connectivity index (χ1) is 12.0. The molecule has 0 aliphatic carbocycles. The van der Waals surface area contributed by atoms with Gasteiger partial charge in [-0.25, -0.2) is 0 Å². The molecule has 3 rings (SSSR count). The van der Waals surface area contributed by atoms with Crippen molar-refractivity contribution in [2.75, 3.05) is 26.7 Å². The highest BCUT2D eigenvalue weighted by molar-refractivity contribution is 5.84.